The third kappa shape index (κ3) is 1.66. The van der Waals surface area contributed by atoms with Gasteiger partial charge in [0.25, 0.3) is 0 Å². The van der Waals surface area contributed by atoms with Crippen molar-refractivity contribution in [1.82, 2.24) is 0 Å². The second-order valence-electron chi connectivity index (χ2n) is 6.18. The average Bonchev–Trinajstić information content (AvgIpc) is 2.48. The predicted octanol–water partition coefficient (Wildman–Crippen LogP) is 3.03. The Morgan fingerprint density at radius 1 is 1.33 bits per heavy atom. The fourth-order valence-electron chi connectivity index (χ4n) is 3.98. The summed E-state index contributed by atoms with van der Waals surface area (Å²) in [5.74, 6) is 1.63. The Bertz CT molecular complexity index is 456. The highest BCUT2D eigenvalue weighted by atomic mass is 16.5. The van der Waals surface area contributed by atoms with Gasteiger partial charge in [-0.3, -0.25) is 0 Å². The topological polar surface area (TPSA) is 35.2 Å². The first-order valence-electron chi connectivity index (χ1n) is 7.08. The van der Waals surface area contributed by atoms with Crippen LogP contribution in [-0.4, -0.2) is 13.2 Å². The maximum absolute atomic E-state index is 6.58. The van der Waals surface area contributed by atoms with Crippen LogP contribution in [0.2, 0.25) is 0 Å². The van der Waals surface area contributed by atoms with Crippen LogP contribution >= 0.6 is 0 Å². The van der Waals surface area contributed by atoms with E-state index in [0.29, 0.717) is 12.0 Å². The summed E-state index contributed by atoms with van der Waals surface area (Å²) in [5, 5.41) is 0. The molecule has 18 heavy (non-hydrogen) atoms. The molecule has 3 atom stereocenters. The van der Waals surface area contributed by atoms with E-state index in [9.17, 15) is 0 Å². The summed E-state index contributed by atoms with van der Waals surface area (Å²) in [5.41, 5.74) is 9.66. The van der Waals surface area contributed by atoms with E-state index in [4.69, 9.17) is 10.5 Å². The van der Waals surface area contributed by atoms with Crippen molar-refractivity contribution in [3.63, 3.8) is 0 Å². The molecule has 0 heterocycles. The predicted molar refractivity (Wildman–Crippen MR) is 74.0 cm³/mol. The fourth-order valence-corrected chi connectivity index (χ4v) is 3.98. The molecule has 2 heteroatoms. The van der Waals surface area contributed by atoms with Crippen LogP contribution in [0.5, 0.6) is 5.75 Å². The zero-order chi connectivity index (χ0) is 12.8. The van der Waals surface area contributed by atoms with Crippen LogP contribution in [0.4, 0.5) is 0 Å². The highest BCUT2D eigenvalue weighted by molar-refractivity contribution is 5.44. The number of benzene rings is 1. The van der Waals surface area contributed by atoms with Crippen molar-refractivity contribution in [2.45, 2.75) is 50.5 Å². The summed E-state index contributed by atoms with van der Waals surface area (Å²) in [4.78, 5) is 0. The molecule has 1 saturated carbocycles. The molecule has 2 bridgehead atoms. The van der Waals surface area contributed by atoms with E-state index in [1.54, 1.807) is 7.11 Å². The van der Waals surface area contributed by atoms with Crippen LogP contribution in [0.1, 0.15) is 43.7 Å². The molecule has 1 aromatic rings. The van der Waals surface area contributed by atoms with Crippen LogP contribution in [0.25, 0.3) is 0 Å². The lowest BCUT2D eigenvalue weighted by molar-refractivity contribution is 0.254. The van der Waals surface area contributed by atoms with Gasteiger partial charge in [-0.1, -0.05) is 25.8 Å². The normalized spacial score (nSPS) is 34.6. The molecule has 0 amide bonds. The number of hydrogen-bond donors (Lipinski definition) is 1. The minimum Gasteiger partial charge on any atom is -0.497 e. The first-order chi connectivity index (χ1) is 8.65. The Hall–Kier alpha value is -1.02. The van der Waals surface area contributed by atoms with Gasteiger partial charge in [0, 0.05) is 11.5 Å². The van der Waals surface area contributed by atoms with Gasteiger partial charge in [0.15, 0.2) is 0 Å². The van der Waals surface area contributed by atoms with Crippen LogP contribution in [0.3, 0.4) is 0 Å². The first kappa shape index (κ1) is 12.0. The smallest absolute Gasteiger partial charge is 0.119 e. The molecule has 2 unspecified atom stereocenters. The van der Waals surface area contributed by atoms with Crippen LogP contribution in [0.15, 0.2) is 18.2 Å². The van der Waals surface area contributed by atoms with Crippen molar-refractivity contribution in [1.29, 1.82) is 0 Å². The van der Waals surface area contributed by atoms with Gasteiger partial charge in [0.1, 0.15) is 5.75 Å². The number of rotatable bonds is 1. The summed E-state index contributed by atoms with van der Waals surface area (Å²) in [6.07, 6.45) is 6.29. The lowest BCUT2D eigenvalue weighted by Crippen LogP contribution is -2.51. The Kier molecular flexibility index (Phi) is 2.86. The molecule has 0 saturated heterocycles. The second kappa shape index (κ2) is 4.27. The van der Waals surface area contributed by atoms with Gasteiger partial charge >= 0.3 is 0 Å². The second-order valence-corrected chi connectivity index (χ2v) is 6.18. The summed E-state index contributed by atoms with van der Waals surface area (Å²) in [6.45, 7) is 2.35. The molecule has 1 aromatic carbocycles. The number of nitrogens with two attached hydrogens (primary N) is 1. The molecular weight excluding hydrogens is 222 g/mol. The minimum absolute atomic E-state index is 0.142. The third-order valence-electron chi connectivity index (χ3n) is 5.18. The Morgan fingerprint density at radius 2 is 2.17 bits per heavy atom. The maximum atomic E-state index is 6.58. The van der Waals surface area contributed by atoms with Crippen molar-refractivity contribution in [3.05, 3.63) is 29.3 Å². The van der Waals surface area contributed by atoms with E-state index in [1.807, 2.05) is 0 Å². The van der Waals surface area contributed by atoms with E-state index in [2.05, 4.69) is 25.1 Å². The lowest BCUT2D eigenvalue weighted by atomic mass is 9.63. The molecule has 2 aliphatic carbocycles. The van der Waals surface area contributed by atoms with Gasteiger partial charge in [0.05, 0.1) is 7.11 Å². The van der Waals surface area contributed by atoms with Gasteiger partial charge in [-0.05, 0) is 48.4 Å². The number of hydrogen-bond acceptors (Lipinski definition) is 2. The summed E-state index contributed by atoms with van der Waals surface area (Å²) < 4.78 is 5.39. The van der Waals surface area contributed by atoms with E-state index >= 15 is 0 Å². The monoisotopic (exact) mass is 245 g/mol. The van der Waals surface area contributed by atoms with Gasteiger partial charge < -0.3 is 10.5 Å². The first-order valence-corrected chi connectivity index (χ1v) is 7.08. The molecule has 2 aliphatic rings. The number of methoxy groups -OCH3 is 1. The molecule has 0 radical (unpaired) electrons. The van der Waals surface area contributed by atoms with E-state index in [0.717, 1.165) is 12.2 Å². The summed E-state index contributed by atoms with van der Waals surface area (Å²) in [7, 11) is 1.74. The van der Waals surface area contributed by atoms with Crippen molar-refractivity contribution in [2.24, 2.45) is 11.7 Å². The zero-order valence-electron chi connectivity index (χ0n) is 11.4. The molecule has 98 valence electrons. The highest BCUT2D eigenvalue weighted by Gasteiger charge is 2.44. The van der Waals surface area contributed by atoms with Crippen LogP contribution in [-0.2, 0) is 11.8 Å². The Labute approximate surface area is 110 Å². The maximum Gasteiger partial charge on any atom is 0.119 e. The minimum atomic E-state index is 0.142. The van der Waals surface area contributed by atoms with Crippen molar-refractivity contribution < 1.29 is 4.74 Å². The average molecular weight is 245 g/mol. The van der Waals surface area contributed by atoms with Crippen LogP contribution in [0, 0.1) is 5.92 Å². The van der Waals surface area contributed by atoms with Gasteiger partial charge in [-0.15, -0.1) is 0 Å². The quantitative estimate of drug-likeness (QED) is 0.825. The largest absolute Gasteiger partial charge is 0.497 e. The zero-order valence-corrected chi connectivity index (χ0v) is 11.4. The Balaban J connectivity index is 2.13. The molecule has 3 rings (SSSR count). The SMILES string of the molecule is COc1ccc2c(c1)[C@@]1(C)CCCCC(C2)C1N. The van der Waals surface area contributed by atoms with Gasteiger partial charge in [-0.25, -0.2) is 0 Å². The van der Waals surface area contributed by atoms with Crippen molar-refractivity contribution in [3.8, 4) is 5.75 Å². The van der Waals surface area contributed by atoms with E-state index < -0.39 is 0 Å². The van der Waals surface area contributed by atoms with Crippen LogP contribution < -0.4 is 10.5 Å². The molecule has 0 spiro atoms. The van der Waals surface area contributed by atoms with Crippen molar-refractivity contribution in [2.75, 3.05) is 7.11 Å². The fraction of sp³-hybridized carbons (Fsp3) is 0.625. The standard InChI is InChI=1S/C16H23NO/c1-16-8-4-3-5-12(15(16)17)9-11-6-7-13(18-2)10-14(11)16/h6-7,10,12,15H,3-5,8-9,17H2,1-2H3/t12?,15?,16-/m1/s1. The van der Waals surface area contributed by atoms with E-state index in [1.165, 1.54) is 36.8 Å². The highest BCUT2D eigenvalue weighted by Crippen LogP contribution is 2.47. The molecule has 0 aromatic heterocycles. The molecule has 2 N–H and O–H groups in total. The van der Waals surface area contributed by atoms with E-state index in [-0.39, 0.29) is 5.41 Å². The molecular formula is C16H23NO. The molecule has 0 aliphatic heterocycles. The van der Waals surface area contributed by atoms with Crippen molar-refractivity contribution >= 4 is 0 Å². The number of ether oxygens (including phenoxy) is 1. The Morgan fingerprint density at radius 3 is 2.94 bits per heavy atom. The lowest BCUT2D eigenvalue weighted by Gasteiger charge is -2.44. The molecule has 2 nitrogen and oxygen atoms in total. The number of fused-ring (bicyclic) bond motifs is 4. The summed E-state index contributed by atoms with van der Waals surface area (Å²) in [6, 6.07) is 6.86. The van der Waals surface area contributed by atoms with Gasteiger partial charge in [-0.2, -0.15) is 0 Å². The summed E-state index contributed by atoms with van der Waals surface area (Å²) >= 11 is 0. The van der Waals surface area contributed by atoms with Gasteiger partial charge in [0.2, 0.25) is 0 Å². The third-order valence-corrected chi connectivity index (χ3v) is 5.18. The molecule has 1 fully saturated rings.